The van der Waals surface area contributed by atoms with E-state index in [4.69, 9.17) is 0 Å². The van der Waals surface area contributed by atoms with E-state index in [1.807, 2.05) is 61.5 Å². The number of rotatable bonds is 4. The number of hydrogen-bond donors (Lipinski definition) is 0. The zero-order valence-electron chi connectivity index (χ0n) is 11.0. The fraction of sp³-hybridized carbons (Fsp3) is 0.0588. The minimum Gasteiger partial charge on any atom is -0.237 e. The lowest BCUT2D eigenvalue weighted by Crippen LogP contribution is -1.93. The number of nitrogens with zero attached hydrogens (tertiary/aromatic N) is 2. The van der Waals surface area contributed by atoms with E-state index in [2.05, 4.69) is 16.5 Å². The van der Waals surface area contributed by atoms with Crippen molar-refractivity contribution in [1.82, 2.24) is 9.97 Å². The van der Waals surface area contributed by atoms with Gasteiger partial charge in [-0.05, 0) is 18.6 Å². The maximum atomic E-state index is 4.60. The first-order chi connectivity index (χ1) is 9.35. The van der Waals surface area contributed by atoms with Crippen LogP contribution in [-0.2, 0) is 0 Å². The molecule has 0 radical (unpaired) electrons. The Bertz CT molecular complexity index is 610. The standard InChI is InChI=1S/C17H16N2/c1-3-8-14(9-4-2)16-12-13-18-17(19-16)15-10-6-5-7-11-15/h3-13H,1H2,2H3/b9-4-,14-8+. The Kier molecular flexibility index (Phi) is 4.40. The van der Waals surface area contributed by atoms with Crippen LogP contribution in [0.3, 0.4) is 0 Å². The molecule has 0 saturated carbocycles. The summed E-state index contributed by atoms with van der Waals surface area (Å²) < 4.78 is 0. The fourth-order valence-corrected chi connectivity index (χ4v) is 1.78. The topological polar surface area (TPSA) is 25.8 Å². The lowest BCUT2D eigenvalue weighted by Gasteiger charge is -2.04. The van der Waals surface area contributed by atoms with Gasteiger partial charge in [0.1, 0.15) is 0 Å². The van der Waals surface area contributed by atoms with Gasteiger partial charge < -0.3 is 0 Å². The Morgan fingerprint density at radius 1 is 1.16 bits per heavy atom. The maximum absolute atomic E-state index is 4.60. The molecule has 0 amide bonds. The first kappa shape index (κ1) is 13.0. The summed E-state index contributed by atoms with van der Waals surface area (Å²) in [7, 11) is 0. The van der Waals surface area contributed by atoms with Crippen molar-refractivity contribution < 1.29 is 0 Å². The van der Waals surface area contributed by atoms with E-state index < -0.39 is 0 Å². The summed E-state index contributed by atoms with van der Waals surface area (Å²) in [4.78, 5) is 8.93. The molecule has 0 fully saturated rings. The van der Waals surface area contributed by atoms with E-state index >= 15 is 0 Å². The van der Waals surface area contributed by atoms with E-state index in [9.17, 15) is 0 Å². The van der Waals surface area contributed by atoms with Crippen LogP contribution in [0.25, 0.3) is 17.0 Å². The lowest BCUT2D eigenvalue weighted by molar-refractivity contribution is 1.15. The zero-order valence-corrected chi connectivity index (χ0v) is 11.0. The second-order valence-corrected chi connectivity index (χ2v) is 3.99. The summed E-state index contributed by atoms with van der Waals surface area (Å²) in [5.41, 5.74) is 2.94. The number of aromatic nitrogens is 2. The number of hydrogen-bond acceptors (Lipinski definition) is 2. The molecule has 0 saturated heterocycles. The van der Waals surface area contributed by atoms with Crippen molar-refractivity contribution in [1.29, 1.82) is 0 Å². The third kappa shape index (κ3) is 3.26. The van der Waals surface area contributed by atoms with Crippen LogP contribution in [-0.4, -0.2) is 9.97 Å². The van der Waals surface area contributed by atoms with Crippen molar-refractivity contribution >= 4 is 5.57 Å². The molecule has 19 heavy (non-hydrogen) atoms. The van der Waals surface area contributed by atoms with Gasteiger partial charge in [-0.2, -0.15) is 0 Å². The van der Waals surface area contributed by atoms with Crippen LogP contribution in [0.4, 0.5) is 0 Å². The molecule has 0 aliphatic heterocycles. The highest BCUT2D eigenvalue weighted by atomic mass is 14.9. The SMILES string of the molecule is C=C/C=C(\C=C/C)c1ccnc(-c2ccccc2)n1. The van der Waals surface area contributed by atoms with E-state index in [0.717, 1.165) is 22.7 Å². The Morgan fingerprint density at radius 2 is 1.95 bits per heavy atom. The first-order valence-corrected chi connectivity index (χ1v) is 6.19. The molecule has 1 aromatic carbocycles. The Hall–Kier alpha value is -2.48. The summed E-state index contributed by atoms with van der Waals surface area (Å²) in [5, 5.41) is 0. The summed E-state index contributed by atoms with van der Waals surface area (Å²) in [6.07, 6.45) is 9.49. The predicted octanol–water partition coefficient (Wildman–Crippen LogP) is 4.29. The van der Waals surface area contributed by atoms with Crippen LogP contribution < -0.4 is 0 Å². The van der Waals surface area contributed by atoms with E-state index in [0.29, 0.717) is 0 Å². The molecule has 2 aromatic rings. The molecule has 0 aliphatic rings. The molecule has 0 atom stereocenters. The number of allylic oxidation sites excluding steroid dienone is 5. The van der Waals surface area contributed by atoms with Gasteiger partial charge in [-0.15, -0.1) is 0 Å². The molecule has 0 spiro atoms. The van der Waals surface area contributed by atoms with Crippen LogP contribution >= 0.6 is 0 Å². The molecule has 0 bridgehead atoms. The van der Waals surface area contributed by atoms with Gasteiger partial charge >= 0.3 is 0 Å². The molecule has 1 aromatic heterocycles. The summed E-state index contributed by atoms with van der Waals surface area (Å²) >= 11 is 0. The lowest BCUT2D eigenvalue weighted by atomic mass is 10.1. The third-order valence-corrected chi connectivity index (χ3v) is 2.63. The summed E-state index contributed by atoms with van der Waals surface area (Å²) in [6, 6.07) is 11.9. The van der Waals surface area contributed by atoms with Gasteiger partial charge in [0.25, 0.3) is 0 Å². The monoisotopic (exact) mass is 248 g/mol. The van der Waals surface area contributed by atoms with Gasteiger partial charge in [0.2, 0.25) is 0 Å². The van der Waals surface area contributed by atoms with Crippen LogP contribution in [0.5, 0.6) is 0 Å². The Balaban J connectivity index is 2.44. The van der Waals surface area contributed by atoms with E-state index in [1.54, 1.807) is 12.3 Å². The summed E-state index contributed by atoms with van der Waals surface area (Å²) in [6.45, 7) is 5.72. The molecular formula is C17H16N2. The van der Waals surface area contributed by atoms with Crippen LogP contribution in [0.1, 0.15) is 12.6 Å². The smallest absolute Gasteiger partial charge is 0.159 e. The van der Waals surface area contributed by atoms with E-state index in [1.165, 1.54) is 0 Å². The van der Waals surface area contributed by atoms with Gasteiger partial charge in [-0.1, -0.05) is 61.2 Å². The van der Waals surface area contributed by atoms with Crippen molar-refractivity contribution in [3.8, 4) is 11.4 Å². The highest BCUT2D eigenvalue weighted by Gasteiger charge is 2.04. The van der Waals surface area contributed by atoms with Crippen molar-refractivity contribution in [2.45, 2.75) is 6.92 Å². The average Bonchev–Trinajstić information content (AvgIpc) is 2.48. The molecule has 2 rings (SSSR count). The van der Waals surface area contributed by atoms with Gasteiger partial charge in [0.15, 0.2) is 5.82 Å². The van der Waals surface area contributed by atoms with Gasteiger partial charge in [-0.3, -0.25) is 0 Å². The second-order valence-electron chi connectivity index (χ2n) is 3.99. The minimum atomic E-state index is 0.734. The number of benzene rings is 1. The third-order valence-electron chi connectivity index (χ3n) is 2.63. The highest BCUT2D eigenvalue weighted by molar-refractivity contribution is 5.73. The average molecular weight is 248 g/mol. The van der Waals surface area contributed by atoms with Gasteiger partial charge in [0.05, 0.1) is 5.69 Å². The zero-order chi connectivity index (χ0) is 13.5. The van der Waals surface area contributed by atoms with Gasteiger partial charge in [-0.25, -0.2) is 9.97 Å². The fourth-order valence-electron chi connectivity index (χ4n) is 1.78. The molecule has 0 unspecified atom stereocenters. The predicted molar refractivity (Wildman–Crippen MR) is 80.5 cm³/mol. The quantitative estimate of drug-likeness (QED) is 0.754. The Labute approximate surface area is 113 Å². The molecule has 94 valence electrons. The highest BCUT2D eigenvalue weighted by Crippen LogP contribution is 2.18. The second kappa shape index (κ2) is 6.45. The minimum absolute atomic E-state index is 0.734. The maximum Gasteiger partial charge on any atom is 0.159 e. The van der Waals surface area contributed by atoms with Crippen LogP contribution in [0, 0.1) is 0 Å². The van der Waals surface area contributed by atoms with E-state index in [-0.39, 0.29) is 0 Å². The van der Waals surface area contributed by atoms with Crippen molar-refractivity contribution in [2.24, 2.45) is 0 Å². The van der Waals surface area contributed by atoms with Crippen molar-refractivity contribution in [3.05, 3.63) is 79.2 Å². The largest absolute Gasteiger partial charge is 0.237 e. The molecule has 2 nitrogen and oxygen atoms in total. The normalized spacial score (nSPS) is 11.7. The van der Waals surface area contributed by atoms with Gasteiger partial charge in [0, 0.05) is 11.8 Å². The molecule has 0 aliphatic carbocycles. The van der Waals surface area contributed by atoms with Crippen molar-refractivity contribution in [3.63, 3.8) is 0 Å². The molecule has 0 N–H and O–H groups in total. The Morgan fingerprint density at radius 3 is 2.63 bits per heavy atom. The summed E-state index contributed by atoms with van der Waals surface area (Å²) in [5.74, 6) is 0.734. The first-order valence-electron chi connectivity index (χ1n) is 6.19. The molecule has 1 heterocycles. The molecular weight excluding hydrogens is 232 g/mol. The van der Waals surface area contributed by atoms with Crippen molar-refractivity contribution in [2.75, 3.05) is 0 Å². The van der Waals surface area contributed by atoms with Crippen LogP contribution in [0.2, 0.25) is 0 Å². The van der Waals surface area contributed by atoms with Crippen LogP contribution in [0.15, 0.2) is 73.5 Å². The molecule has 2 heteroatoms.